The first-order chi connectivity index (χ1) is 6.20. The molecule has 0 atom stereocenters. The van der Waals surface area contributed by atoms with Crippen LogP contribution in [-0.4, -0.2) is 36.0 Å². The van der Waals surface area contributed by atoms with Crippen molar-refractivity contribution in [2.75, 3.05) is 0 Å². The van der Waals surface area contributed by atoms with E-state index in [-0.39, 0.29) is 5.82 Å². The number of hydrogen-bond acceptors (Lipinski definition) is 5. The van der Waals surface area contributed by atoms with Gasteiger partial charge in [0.1, 0.15) is 12.0 Å². The van der Waals surface area contributed by atoms with E-state index in [0.29, 0.717) is 10.4 Å². The zero-order chi connectivity index (χ0) is 9.42. The van der Waals surface area contributed by atoms with Gasteiger partial charge in [0.15, 0.2) is 5.82 Å². The first-order valence-electron chi connectivity index (χ1n) is 3.31. The molecule has 2 aliphatic heterocycles. The number of carboxylic acids is 1. The summed E-state index contributed by atoms with van der Waals surface area (Å²) in [4.78, 5) is 21.4. The molecule has 0 aromatic heterocycles. The molecule has 2 rings (SSSR count). The van der Waals surface area contributed by atoms with Crippen molar-refractivity contribution in [3.05, 3.63) is 18.3 Å². The highest BCUT2D eigenvalue weighted by Crippen LogP contribution is 2.14. The zero-order valence-corrected chi connectivity index (χ0v) is 6.25. The largest absolute Gasteiger partial charge is 0.475 e. The average molecular weight is 180 g/mol. The fourth-order valence-corrected chi connectivity index (χ4v) is 0.947. The molecule has 2 aliphatic rings. The van der Waals surface area contributed by atoms with Crippen LogP contribution < -0.4 is 0 Å². The third kappa shape index (κ3) is 0.975. The number of imidazole rings is 1. The smallest absolute Gasteiger partial charge is 0.375 e. The van der Waals surface area contributed by atoms with Gasteiger partial charge in [0, 0.05) is 0 Å². The number of aromatic nitrogens is 4. The van der Waals surface area contributed by atoms with Crippen LogP contribution in [0.3, 0.4) is 0 Å². The predicted octanol–water partition coefficient (Wildman–Crippen LogP) is -0.287. The van der Waals surface area contributed by atoms with E-state index in [0.717, 1.165) is 0 Å². The Bertz CT molecular complexity index is 438. The standard InChI is InChI=1S/C6H4N4O3/c11-6(12)5-7-1-3-4(10(5)13)9-2-8-3/h1-2,13H,(H,11,12). The number of hydrogen-bond donors (Lipinski definition) is 2. The quantitative estimate of drug-likeness (QED) is 0.585. The minimum Gasteiger partial charge on any atom is -0.475 e. The van der Waals surface area contributed by atoms with E-state index in [1.54, 1.807) is 0 Å². The Hall–Kier alpha value is -2.18. The molecule has 0 unspecified atom stereocenters. The van der Waals surface area contributed by atoms with Crippen LogP contribution in [0.4, 0.5) is 0 Å². The van der Waals surface area contributed by atoms with Crippen LogP contribution in [0.1, 0.15) is 10.6 Å². The van der Waals surface area contributed by atoms with Crippen LogP contribution in [0.25, 0.3) is 11.5 Å². The highest BCUT2D eigenvalue weighted by atomic mass is 16.5. The van der Waals surface area contributed by atoms with Crippen molar-refractivity contribution in [1.82, 2.24) is 19.7 Å². The van der Waals surface area contributed by atoms with Gasteiger partial charge >= 0.3 is 5.97 Å². The molecule has 0 saturated carbocycles. The van der Waals surface area contributed by atoms with E-state index in [2.05, 4.69) is 15.0 Å². The van der Waals surface area contributed by atoms with Crippen molar-refractivity contribution in [1.29, 1.82) is 0 Å². The van der Waals surface area contributed by atoms with Crippen molar-refractivity contribution < 1.29 is 15.1 Å². The van der Waals surface area contributed by atoms with Crippen LogP contribution in [0.5, 0.6) is 0 Å². The van der Waals surface area contributed by atoms with Gasteiger partial charge < -0.3 is 10.3 Å². The number of carbonyl (C=O) groups is 1. The summed E-state index contributed by atoms with van der Waals surface area (Å²) in [5.74, 6) is -1.74. The maximum atomic E-state index is 10.5. The first kappa shape index (κ1) is 7.47. The lowest BCUT2D eigenvalue weighted by Crippen LogP contribution is -2.14. The second-order valence-electron chi connectivity index (χ2n) is 2.28. The molecule has 2 N–H and O–H groups in total. The molecule has 7 nitrogen and oxygen atoms in total. The third-order valence-corrected chi connectivity index (χ3v) is 1.51. The topological polar surface area (TPSA) is 101 Å². The second-order valence-corrected chi connectivity index (χ2v) is 2.28. The summed E-state index contributed by atoms with van der Waals surface area (Å²) in [5, 5.41) is 17.9. The zero-order valence-electron chi connectivity index (χ0n) is 6.25. The number of nitrogens with zero attached hydrogens (tertiary/aromatic N) is 4. The summed E-state index contributed by atoms with van der Waals surface area (Å²) < 4.78 is 0.394. The van der Waals surface area contributed by atoms with E-state index in [1.807, 2.05) is 0 Å². The minimum absolute atomic E-state index is 0.0763. The highest BCUT2D eigenvalue weighted by Gasteiger charge is 2.18. The monoisotopic (exact) mass is 180 g/mol. The van der Waals surface area contributed by atoms with Crippen LogP contribution in [0.15, 0.2) is 12.5 Å². The highest BCUT2D eigenvalue weighted by molar-refractivity contribution is 5.84. The van der Waals surface area contributed by atoms with E-state index in [1.165, 1.54) is 12.5 Å². The Kier molecular flexibility index (Phi) is 1.38. The van der Waals surface area contributed by atoms with E-state index in [4.69, 9.17) is 5.11 Å². The number of carboxylic acid groups (broad SMARTS) is 1. The van der Waals surface area contributed by atoms with Gasteiger partial charge in [-0.25, -0.2) is 19.7 Å². The average Bonchev–Trinajstić information content (AvgIpc) is 2.52. The molecule has 0 aromatic rings. The van der Waals surface area contributed by atoms with Crippen molar-refractivity contribution in [3.8, 4) is 11.5 Å². The van der Waals surface area contributed by atoms with E-state index >= 15 is 0 Å². The molecule has 0 fully saturated rings. The SMILES string of the molecule is O=C(O)c1ncc2ncnc-2n1O. The second kappa shape index (κ2) is 2.41. The first-order valence-corrected chi connectivity index (χ1v) is 3.31. The Morgan fingerprint density at radius 2 is 2.15 bits per heavy atom. The molecule has 7 heteroatoms. The molecule has 0 radical (unpaired) electrons. The lowest BCUT2D eigenvalue weighted by molar-refractivity contribution is 0.0628. The molecule has 66 valence electrons. The lowest BCUT2D eigenvalue weighted by Gasteiger charge is -2.04. The van der Waals surface area contributed by atoms with Crippen molar-refractivity contribution in [2.24, 2.45) is 0 Å². The van der Waals surface area contributed by atoms with Gasteiger partial charge in [0.05, 0.1) is 6.20 Å². The van der Waals surface area contributed by atoms with Gasteiger partial charge in [-0.15, -0.1) is 4.73 Å². The van der Waals surface area contributed by atoms with Crippen molar-refractivity contribution >= 4 is 5.97 Å². The summed E-state index contributed by atoms with van der Waals surface area (Å²) in [7, 11) is 0. The Balaban J connectivity index is 2.74. The fourth-order valence-electron chi connectivity index (χ4n) is 0.947. The van der Waals surface area contributed by atoms with Gasteiger partial charge in [-0.3, -0.25) is 0 Å². The lowest BCUT2D eigenvalue weighted by atomic mass is 10.4. The predicted molar refractivity (Wildman–Crippen MR) is 38.6 cm³/mol. The van der Waals surface area contributed by atoms with Gasteiger partial charge in [-0.1, -0.05) is 0 Å². The summed E-state index contributed by atoms with van der Waals surface area (Å²) >= 11 is 0. The molecule has 0 spiro atoms. The van der Waals surface area contributed by atoms with Crippen LogP contribution in [-0.2, 0) is 0 Å². The van der Waals surface area contributed by atoms with E-state index < -0.39 is 11.8 Å². The van der Waals surface area contributed by atoms with Crippen LogP contribution in [0, 0.1) is 0 Å². The Morgan fingerprint density at radius 3 is 2.85 bits per heavy atom. The molecular weight excluding hydrogens is 176 g/mol. The molecule has 0 bridgehead atoms. The van der Waals surface area contributed by atoms with Crippen LogP contribution in [0.2, 0.25) is 0 Å². The fraction of sp³-hybridized carbons (Fsp3) is 0. The summed E-state index contributed by atoms with van der Waals surface area (Å²) in [6.45, 7) is 0. The number of rotatable bonds is 1. The van der Waals surface area contributed by atoms with Crippen molar-refractivity contribution in [3.63, 3.8) is 0 Å². The van der Waals surface area contributed by atoms with Crippen molar-refractivity contribution in [2.45, 2.75) is 0 Å². The maximum absolute atomic E-state index is 10.5. The normalized spacial score (nSPS) is 10.5. The number of aromatic carboxylic acids is 1. The number of fused-ring (bicyclic) bond motifs is 1. The summed E-state index contributed by atoms with van der Waals surface area (Å²) in [6.07, 6.45) is 2.45. The van der Waals surface area contributed by atoms with Gasteiger partial charge in [0.25, 0.3) is 5.82 Å². The van der Waals surface area contributed by atoms with Gasteiger partial charge in [-0.2, -0.15) is 0 Å². The Morgan fingerprint density at radius 1 is 1.38 bits per heavy atom. The third-order valence-electron chi connectivity index (χ3n) is 1.51. The molecule has 0 aromatic carbocycles. The van der Waals surface area contributed by atoms with Crippen LogP contribution >= 0.6 is 0 Å². The molecule has 2 heterocycles. The molecule has 0 amide bonds. The van der Waals surface area contributed by atoms with Gasteiger partial charge in [-0.05, 0) is 0 Å². The maximum Gasteiger partial charge on any atom is 0.375 e. The molecule has 0 aliphatic carbocycles. The molecule has 0 saturated heterocycles. The van der Waals surface area contributed by atoms with E-state index in [9.17, 15) is 10.0 Å². The Labute approximate surface area is 71.6 Å². The minimum atomic E-state index is -1.33. The summed E-state index contributed by atoms with van der Waals surface area (Å²) in [6, 6.07) is 0. The summed E-state index contributed by atoms with van der Waals surface area (Å²) in [5.41, 5.74) is 0.340. The molecular formula is C6H4N4O3. The van der Waals surface area contributed by atoms with Gasteiger partial charge in [0.2, 0.25) is 0 Å². The molecule has 13 heavy (non-hydrogen) atoms.